The summed E-state index contributed by atoms with van der Waals surface area (Å²) in [5.41, 5.74) is -1.07. The van der Waals surface area contributed by atoms with Crippen molar-refractivity contribution >= 4 is 11.7 Å². The van der Waals surface area contributed by atoms with E-state index in [0.29, 0.717) is 37.1 Å². The molecule has 0 radical (unpaired) electrons. The van der Waals surface area contributed by atoms with Gasteiger partial charge in [-0.1, -0.05) is 12.1 Å². The first kappa shape index (κ1) is 21.9. The van der Waals surface area contributed by atoms with Crippen LogP contribution < -0.4 is 10.6 Å². The van der Waals surface area contributed by atoms with Gasteiger partial charge in [-0.25, -0.2) is 4.79 Å². The summed E-state index contributed by atoms with van der Waals surface area (Å²) in [6.07, 6.45) is -8.88. The maximum atomic E-state index is 12.9. The summed E-state index contributed by atoms with van der Waals surface area (Å²) in [4.78, 5) is 12.2. The van der Waals surface area contributed by atoms with Crippen LogP contribution in [0.3, 0.4) is 0 Å². The molecule has 0 saturated carbocycles. The van der Waals surface area contributed by atoms with E-state index in [1.54, 1.807) is 12.1 Å². The average Bonchev–Trinajstić information content (AvgIpc) is 2.65. The molecule has 0 heterocycles. The second-order valence-corrected chi connectivity index (χ2v) is 7.06. The minimum Gasteiger partial charge on any atom is -0.393 e. The zero-order valence-corrected chi connectivity index (χ0v) is 15.5. The van der Waals surface area contributed by atoms with E-state index >= 15 is 0 Å². The van der Waals surface area contributed by atoms with Gasteiger partial charge in [0.05, 0.1) is 17.2 Å². The van der Waals surface area contributed by atoms with Gasteiger partial charge in [-0.2, -0.15) is 26.3 Å². The molecule has 1 aliphatic rings. The number of carbonyl (C=O) groups excluding carboxylic acids is 1. The topological polar surface area (TPSA) is 61.4 Å². The maximum Gasteiger partial charge on any atom is 0.416 e. The molecule has 2 aromatic rings. The number of anilines is 1. The number of aliphatic hydroxyl groups excluding tert-OH is 1. The second kappa shape index (κ2) is 8.17. The number of halogens is 6. The lowest BCUT2D eigenvalue weighted by Crippen LogP contribution is -2.30. The molecular formula is C20H18F6N2O2. The predicted octanol–water partition coefficient (Wildman–Crippen LogP) is 4.90. The van der Waals surface area contributed by atoms with E-state index in [0.717, 1.165) is 11.1 Å². The van der Waals surface area contributed by atoms with Crippen molar-refractivity contribution in [3.05, 3.63) is 64.2 Å². The van der Waals surface area contributed by atoms with E-state index in [1.807, 2.05) is 6.07 Å². The first-order valence-electron chi connectivity index (χ1n) is 9.05. The Hall–Kier alpha value is -2.75. The van der Waals surface area contributed by atoms with Crippen LogP contribution >= 0.6 is 0 Å². The number of carbonyl (C=O) groups is 1. The molecule has 3 N–H and O–H groups in total. The number of benzene rings is 2. The lowest BCUT2D eigenvalue weighted by molar-refractivity contribution is -0.143. The number of amides is 2. The Morgan fingerprint density at radius 1 is 1.03 bits per heavy atom. The fourth-order valence-electron chi connectivity index (χ4n) is 3.36. The fraction of sp³-hybridized carbons (Fsp3) is 0.350. The van der Waals surface area contributed by atoms with Crippen molar-refractivity contribution < 1.29 is 36.2 Å². The van der Waals surface area contributed by atoms with Crippen molar-refractivity contribution in [1.29, 1.82) is 0 Å². The molecule has 4 nitrogen and oxygen atoms in total. The Balaban J connectivity index is 1.74. The lowest BCUT2D eigenvalue weighted by Gasteiger charge is -2.23. The maximum absolute atomic E-state index is 12.9. The van der Waals surface area contributed by atoms with Crippen LogP contribution in [0.15, 0.2) is 36.4 Å². The lowest BCUT2D eigenvalue weighted by atomic mass is 9.88. The summed E-state index contributed by atoms with van der Waals surface area (Å²) in [5.74, 6) is 0. The molecule has 0 saturated heterocycles. The minimum atomic E-state index is -4.96. The normalized spacial score (nSPS) is 16.7. The minimum absolute atomic E-state index is 0.0329. The number of hydrogen-bond donors (Lipinski definition) is 3. The number of urea groups is 1. The van der Waals surface area contributed by atoms with Gasteiger partial charge in [-0.05, 0) is 53.8 Å². The van der Waals surface area contributed by atoms with Gasteiger partial charge in [0.2, 0.25) is 0 Å². The van der Waals surface area contributed by atoms with Crippen molar-refractivity contribution in [2.75, 3.05) is 5.32 Å². The highest BCUT2D eigenvalue weighted by atomic mass is 19.4. The van der Waals surface area contributed by atoms with Crippen LogP contribution in [0.25, 0.3) is 0 Å². The number of hydrogen-bond acceptors (Lipinski definition) is 2. The number of aryl methyl sites for hydroxylation is 1. The van der Waals surface area contributed by atoms with Crippen LogP contribution in [0.1, 0.15) is 34.2 Å². The third-order valence-electron chi connectivity index (χ3n) is 4.81. The molecule has 10 heteroatoms. The molecule has 0 bridgehead atoms. The Kier molecular flexibility index (Phi) is 5.98. The second-order valence-electron chi connectivity index (χ2n) is 7.06. The molecular weight excluding hydrogens is 414 g/mol. The molecule has 30 heavy (non-hydrogen) atoms. The Bertz CT molecular complexity index is 908. The number of alkyl halides is 6. The average molecular weight is 432 g/mol. The van der Waals surface area contributed by atoms with Crippen molar-refractivity contribution in [3.8, 4) is 0 Å². The summed E-state index contributed by atoms with van der Waals surface area (Å²) >= 11 is 0. The zero-order valence-electron chi connectivity index (χ0n) is 15.5. The van der Waals surface area contributed by atoms with Gasteiger partial charge in [0.15, 0.2) is 0 Å². The third-order valence-corrected chi connectivity index (χ3v) is 4.81. The highest BCUT2D eigenvalue weighted by molar-refractivity contribution is 5.90. The number of fused-ring (bicyclic) bond motifs is 1. The van der Waals surface area contributed by atoms with Crippen molar-refractivity contribution in [3.63, 3.8) is 0 Å². The molecule has 2 amide bonds. The number of aliphatic hydroxyl groups is 1. The predicted molar refractivity (Wildman–Crippen MR) is 96.8 cm³/mol. The summed E-state index contributed by atoms with van der Waals surface area (Å²) < 4.78 is 77.6. The van der Waals surface area contributed by atoms with Gasteiger partial charge in [0, 0.05) is 18.7 Å². The molecule has 0 aromatic heterocycles. The van der Waals surface area contributed by atoms with Crippen molar-refractivity contribution in [2.45, 2.75) is 44.3 Å². The highest BCUT2D eigenvalue weighted by Gasteiger charge is 2.36. The van der Waals surface area contributed by atoms with Crippen molar-refractivity contribution in [2.24, 2.45) is 0 Å². The Labute approximate surface area is 167 Å². The summed E-state index contributed by atoms with van der Waals surface area (Å²) in [6.45, 7) is -0.531. The molecule has 2 aromatic carbocycles. The van der Waals surface area contributed by atoms with Gasteiger partial charge in [0.1, 0.15) is 0 Å². The van der Waals surface area contributed by atoms with Crippen LogP contribution in [0, 0.1) is 0 Å². The van der Waals surface area contributed by atoms with Crippen LogP contribution in [0.4, 0.5) is 36.8 Å². The summed E-state index contributed by atoms with van der Waals surface area (Å²) in [6, 6.07) is 5.58. The van der Waals surface area contributed by atoms with Gasteiger partial charge in [0.25, 0.3) is 0 Å². The number of nitrogens with one attached hydrogen (secondary N) is 2. The molecule has 1 unspecified atom stereocenters. The molecule has 162 valence electrons. The third kappa shape index (κ3) is 5.24. The number of rotatable bonds is 3. The van der Waals surface area contributed by atoms with Gasteiger partial charge >= 0.3 is 18.4 Å². The molecule has 0 spiro atoms. The van der Waals surface area contributed by atoms with E-state index in [9.17, 15) is 36.2 Å². The molecule has 0 fully saturated rings. The van der Waals surface area contributed by atoms with E-state index in [-0.39, 0.29) is 11.6 Å². The standard InChI is InChI=1S/C20H18F6N2O2/c21-19(22,23)13-6-11(7-14(8-13)20(24,25)26)10-27-18(30)28-17-3-1-2-12-4-5-15(29)9-16(12)17/h1-3,6-8,15,29H,4-5,9-10H2,(H2,27,28,30). The Morgan fingerprint density at radius 2 is 1.67 bits per heavy atom. The van der Waals surface area contributed by atoms with Gasteiger partial charge < -0.3 is 15.7 Å². The monoisotopic (exact) mass is 432 g/mol. The first-order chi connectivity index (χ1) is 13.9. The van der Waals surface area contributed by atoms with Crippen molar-refractivity contribution in [1.82, 2.24) is 5.32 Å². The smallest absolute Gasteiger partial charge is 0.393 e. The molecule has 3 rings (SSSR count). The molecule has 0 aliphatic heterocycles. The van der Waals surface area contributed by atoms with Crippen LogP contribution in [0.5, 0.6) is 0 Å². The van der Waals surface area contributed by atoms with E-state index in [1.165, 1.54) is 0 Å². The van der Waals surface area contributed by atoms with E-state index in [2.05, 4.69) is 10.6 Å². The summed E-state index contributed by atoms with van der Waals surface area (Å²) in [5, 5.41) is 14.7. The van der Waals surface area contributed by atoms with E-state index < -0.39 is 42.2 Å². The molecule has 1 aliphatic carbocycles. The zero-order chi connectivity index (χ0) is 22.1. The highest BCUT2D eigenvalue weighted by Crippen LogP contribution is 2.36. The molecule has 1 atom stereocenters. The van der Waals surface area contributed by atoms with Crippen LogP contribution in [-0.4, -0.2) is 17.2 Å². The quantitative estimate of drug-likeness (QED) is 0.605. The summed E-state index contributed by atoms with van der Waals surface area (Å²) in [7, 11) is 0. The van der Waals surface area contributed by atoms with E-state index in [4.69, 9.17) is 0 Å². The SMILES string of the molecule is O=C(NCc1cc(C(F)(F)F)cc(C(F)(F)F)c1)Nc1cccc2c1CC(O)CC2. The van der Waals surface area contributed by atoms with Crippen LogP contribution in [0.2, 0.25) is 0 Å². The first-order valence-corrected chi connectivity index (χ1v) is 9.05. The fourth-order valence-corrected chi connectivity index (χ4v) is 3.36. The largest absolute Gasteiger partial charge is 0.416 e. The van der Waals surface area contributed by atoms with Crippen LogP contribution in [-0.2, 0) is 31.7 Å². The Morgan fingerprint density at radius 3 is 2.27 bits per heavy atom. The van der Waals surface area contributed by atoms with Gasteiger partial charge in [-0.15, -0.1) is 0 Å². The van der Waals surface area contributed by atoms with Gasteiger partial charge in [-0.3, -0.25) is 0 Å².